The second kappa shape index (κ2) is 7.61. The zero-order valence-corrected chi connectivity index (χ0v) is 14.6. The van der Waals surface area contributed by atoms with Crippen LogP contribution in [-0.2, 0) is 16.1 Å². The molecule has 1 atom stereocenters. The summed E-state index contributed by atoms with van der Waals surface area (Å²) in [6, 6.07) is 5.12. The average Bonchev–Trinajstić information content (AvgIpc) is 3.16. The van der Waals surface area contributed by atoms with E-state index in [-0.39, 0.29) is 12.5 Å². The quantitative estimate of drug-likeness (QED) is 0.751. The summed E-state index contributed by atoms with van der Waals surface area (Å²) >= 11 is 0. The Bertz CT molecular complexity index is 872. The van der Waals surface area contributed by atoms with Crippen molar-refractivity contribution in [3.05, 3.63) is 28.7 Å². The van der Waals surface area contributed by atoms with Crippen LogP contribution in [0.3, 0.4) is 0 Å². The van der Waals surface area contributed by atoms with Gasteiger partial charge in [-0.15, -0.1) is 0 Å². The zero-order chi connectivity index (χ0) is 18.7. The number of oxazole rings is 1. The minimum Gasteiger partial charge on any atom is -0.442 e. The van der Waals surface area contributed by atoms with Gasteiger partial charge in [-0.25, -0.2) is 9.59 Å². The molecular weight excluding hydrogens is 340 g/mol. The molecule has 2 heterocycles. The summed E-state index contributed by atoms with van der Waals surface area (Å²) in [5, 5.41) is 2.71. The Kier molecular flexibility index (Phi) is 5.27. The molecule has 9 nitrogen and oxygen atoms in total. The molecule has 1 aromatic carbocycles. The number of rotatable bonds is 7. The molecule has 1 unspecified atom stereocenters. The highest BCUT2D eigenvalue weighted by molar-refractivity contribution is 5.92. The summed E-state index contributed by atoms with van der Waals surface area (Å²) < 4.78 is 12.1. The van der Waals surface area contributed by atoms with E-state index >= 15 is 0 Å². The van der Waals surface area contributed by atoms with Gasteiger partial charge in [-0.3, -0.25) is 14.3 Å². The van der Waals surface area contributed by atoms with Crippen LogP contribution in [0.25, 0.3) is 11.1 Å². The van der Waals surface area contributed by atoms with Crippen molar-refractivity contribution < 1.29 is 18.7 Å². The van der Waals surface area contributed by atoms with Crippen LogP contribution in [0, 0.1) is 0 Å². The van der Waals surface area contributed by atoms with E-state index in [0.29, 0.717) is 49.3 Å². The van der Waals surface area contributed by atoms with E-state index in [1.807, 2.05) is 0 Å². The number of benzene rings is 1. The molecule has 0 spiro atoms. The van der Waals surface area contributed by atoms with Gasteiger partial charge in [0.2, 0.25) is 5.91 Å². The van der Waals surface area contributed by atoms with Gasteiger partial charge in [0.25, 0.3) is 0 Å². The molecule has 3 N–H and O–H groups in total. The van der Waals surface area contributed by atoms with E-state index in [9.17, 15) is 14.4 Å². The molecule has 3 rings (SSSR count). The number of ether oxygens (including phenoxy) is 1. The molecule has 0 bridgehead atoms. The van der Waals surface area contributed by atoms with Crippen LogP contribution in [0.2, 0.25) is 0 Å². The fraction of sp³-hybridized carbons (Fsp3) is 0.471. The van der Waals surface area contributed by atoms with Crippen molar-refractivity contribution in [2.24, 2.45) is 5.73 Å². The third-order valence-electron chi connectivity index (χ3n) is 4.27. The summed E-state index contributed by atoms with van der Waals surface area (Å²) in [5.74, 6) is -0.545. The SMILES string of the molecule is CCC(=O)NCC1CN(c2ccc3c(c2)oc(=O)n3CCCN)C(=O)O1. The van der Waals surface area contributed by atoms with Gasteiger partial charge in [0.05, 0.1) is 24.3 Å². The maximum atomic E-state index is 12.1. The van der Waals surface area contributed by atoms with Crippen molar-refractivity contribution in [3.8, 4) is 0 Å². The van der Waals surface area contributed by atoms with Crippen molar-refractivity contribution in [2.45, 2.75) is 32.4 Å². The van der Waals surface area contributed by atoms with Gasteiger partial charge in [-0.1, -0.05) is 6.92 Å². The van der Waals surface area contributed by atoms with Gasteiger partial charge in [0.15, 0.2) is 5.58 Å². The normalized spacial score (nSPS) is 16.9. The molecule has 0 radical (unpaired) electrons. The van der Waals surface area contributed by atoms with Crippen LogP contribution in [0.5, 0.6) is 0 Å². The molecule has 2 aromatic rings. The van der Waals surface area contributed by atoms with Gasteiger partial charge in [-0.2, -0.15) is 0 Å². The Hall–Kier alpha value is -2.81. The Labute approximate surface area is 149 Å². The molecule has 1 aliphatic rings. The predicted octanol–water partition coefficient (Wildman–Crippen LogP) is 0.795. The first-order valence-electron chi connectivity index (χ1n) is 8.61. The second-order valence-electron chi connectivity index (χ2n) is 6.09. The van der Waals surface area contributed by atoms with E-state index in [1.165, 1.54) is 9.47 Å². The molecule has 26 heavy (non-hydrogen) atoms. The molecule has 9 heteroatoms. The van der Waals surface area contributed by atoms with E-state index < -0.39 is 18.0 Å². The Morgan fingerprint density at radius 1 is 1.38 bits per heavy atom. The van der Waals surface area contributed by atoms with Crippen molar-refractivity contribution in [1.29, 1.82) is 0 Å². The summed E-state index contributed by atoms with van der Waals surface area (Å²) in [6.45, 7) is 3.29. The standard InChI is InChI=1S/C17H22N4O5/c1-2-15(22)19-9-12-10-21(17(24)25-12)11-4-5-13-14(8-11)26-16(23)20(13)7-3-6-18/h4-5,8,12H,2-3,6-7,9-10,18H2,1H3,(H,19,22). The van der Waals surface area contributed by atoms with Gasteiger partial charge in [-0.05, 0) is 25.1 Å². The van der Waals surface area contributed by atoms with Gasteiger partial charge < -0.3 is 20.2 Å². The first kappa shape index (κ1) is 18.0. The molecular formula is C17H22N4O5. The molecule has 0 aliphatic carbocycles. The Morgan fingerprint density at radius 3 is 2.92 bits per heavy atom. The monoisotopic (exact) mass is 362 g/mol. The number of fused-ring (bicyclic) bond motifs is 1. The fourth-order valence-electron chi connectivity index (χ4n) is 2.88. The third kappa shape index (κ3) is 3.57. The summed E-state index contributed by atoms with van der Waals surface area (Å²) in [5.41, 5.74) is 7.13. The maximum absolute atomic E-state index is 12.1. The van der Waals surface area contributed by atoms with Crippen molar-refractivity contribution in [1.82, 2.24) is 9.88 Å². The number of carbonyl (C=O) groups is 2. The lowest BCUT2D eigenvalue weighted by molar-refractivity contribution is -0.121. The number of nitrogens with zero attached hydrogens (tertiary/aromatic N) is 2. The number of cyclic esters (lactones) is 1. The van der Waals surface area contributed by atoms with E-state index in [2.05, 4.69) is 5.32 Å². The number of amides is 2. The van der Waals surface area contributed by atoms with Crippen LogP contribution in [0.1, 0.15) is 19.8 Å². The molecule has 1 fully saturated rings. The summed E-state index contributed by atoms with van der Waals surface area (Å²) in [6.07, 6.45) is 0.126. The highest BCUT2D eigenvalue weighted by Crippen LogP contribution is 2.25. The molecule has 1 aliphatic heterocycles. The first-order valence-corrected chi connectivity index (χ1v) is 8.61. The molecule has 0 saturated carbocycles. The highest BCUT2D eigenvalue weighted by Gasteiger charge is 2.32. The first-order chi connectivity index (χ1) is 12.5. The van der Waals surface area contributed by atoms with Crippen molar-refractivity contribution in [3.63, 3.8) is 0 Å². The molecule has 2 amide bonds. The number of anilines is 1. The largest absolute Gasteiger partial charge is 0.442 e. The minimum absolute atomic E-state index is 0.0958. The van der Waals surface area contributed by atoms with E-state index in [0.717, 1.165) is 0 Å². The lowest BCUT2D eigenvalue weighted by Gasteiger charge is -2.13. The van der Waals surface area contributed by atoms with Crippen LogP contribution >= 0.6 is 0 Å². The molecule has 1 aromatic heterocycles. The maximum Gasteiger partial charge on any atom is 0.419 e. The smallest absolute Gasteiger partial charge is 0.419 e. The van der Waals surface area contributed by atoms with Gasteiger partial charge in [0, 0.05) is 19.0 Å². The second-order valence-corrected chi connectivity index (χ2v) is 6.09. The predicted molar refractivity (Wildman–Crippen MR) is 95.1 cm³/mol. The van der Waals surface area contributed by atoms with Crippen LogP contribution < -0.4 is 21.7 Å². The lowest BCUT2D eigenvalue weighted by atomic mass is 10.2. The van der Waals surface area contributed by atoms with E-state index in [4.69, 9.17) is 14.9 Å². The fourth-order valence-corrected chi connectivity index (χ4v) is 2.88. The topological polar surface area (TPSA) is 120 Å². The lowest BCUT2D eigenvalue weighted by Crippen LogP contribution is -2.34. The number of hydrogen-bond acceptors (Lipinski definition) is 6. The van der Waals surface area contributed by atoms with Gasteiger partial charge in [0.1, 0.15) is 6.10 Å². The van der Waals surface area contributed by atoms with Crippen LogP contribution in [0.4, 0.5) is 10.5 Å². The minimum atomic E-state index is -0.495. The summed E-state index contributed by atoms with van der Waals surface area (Å²) in [4.78, 5) is 36.9. The number of hydrogen-bond donors (Lipinski definition) is 2. The van der Waals surface area contributed by atoms with Gasteiger partial charge >= 0.3 is 11.8 Å². The highest BCUT2D eigenvalue weighted by atomic mass is 16.6. The number of carbonyl (C=O) groups excluding carboxylic acids is 2. The van der Waals surface area contributed by atoms with Crippen molar-refractivity contribution in [2.75, 3.05) is 24.5 Å². The number of nitrogens with two attached hydrogens (primary N) is 1. The number of nitrogens with one attached hydrogen (secondary N) is 1. The molecule has 140 valence electrons. The summed E-state index contributed by atoms with van der Waals surface area (Å²) in [7, 11) is 0. The van der Waals surface area contributed by atoms with Crippen LogP contribution in [-0.4, -0.2) is 42.3 Å². The van der Waals surface area contributed by atoms with Crippen molar-refractivity contribution >= 4 is 28.8 Å². The van der Waals surface area contributed by atoms with E-state index in [1.54, 1.807) is 25.1 Å². The van der Waals surface area contributed by atoms with Crippen LogP contribution in [0.15, 0.2) is 27.4 Å². The Morgan fingerprint density at radius 2 is 2.19 bits per heavy atom. The average molecular weight is 362 g/mol. The molecule has 1 saturated heterocycles. The Balaban J connectivity index is 1.77. The third-order valence-corrected chi connectivity index (χ3v) is 4.27. The zero-order valence-electron chi connectivity index (χ0n) is 14.6. The number of aryl methyl sites for hydroxylation is 1. The number of aromatic nitrogens is 1.